The molecule has 3 atom stereocenters. The van der Waals surface area contributed by atoms with Crippen molar-refractivity contribution in [3.8, 4) is 17.2 Å². The molecular weight excluding hydrogens is 658 g/mol. The minimum Gasteiger partial charge on any atom is -0.493 e. The summed E-state index contributed by atoms with van der Waals surface area (Å²) in [5, 5.41) is 18.5. The van der Waals surface area contributed by atoms with E-state index < -0.39 is 17.7 Å². The number of aliphatic hydroxyl groups is 1. The topological polar surface area (TPSA) is 116 Å². The second-order valence-electron chi connectivity index (χ2n) is 12.8. The molecule has 0 bridgehead atoms. The highest BCUT2D eigenvalue weighted by Crippen LogP contribution is 2.25. The number of aromatic nitrogens is 6. The number of aryl methyl sites for hydroxylation is 1. The van der Waals surface area contributed by atoms with Crippen LogP contribution < -0.4 is 25.0 Å². The third-order valence-corrected chi connectivity index (χ3v) is 9.28. The van der Waals surface area contributed by atoms with Gasteiger partial charge in [-0.25, -0.2) is 27.8 Å². The van der Waals surface area contributed by atoms with Gasteiger partial charge in [0.05, 0.1) is 31.0 Å². The maximum Gasteiger partial charge on any atom is 0.350 e. The van der Waals surface area contributed by atoms with Gasteiger partial charge in [-0.2, -0.15) is 10.2 Å². The SMILES string of the molecule is CCC(C(C)O)n1ncn(-c2ccc(N3CCN(c4ccc(OCC(CCCn5cncn5)COc5ccc(F)cc5F)cc4)CC3)cc2)c1=O. The van der Waals surface area contributed by atoms with Crippen molar-refractivity contribution < 1.29 is 23.4 Å². The molecule has 1 aliphatic rings. The average Bonchev–Trinajstić information content (AvgIpc) is 3.80. The predicted octanol–water partition coefficient (Wildman–Crippen LogP) is 5.12. The number of halogens is 2. The molecule has 3 aromatic carbocycles. The van der Waals surface area contributed by atoms with Crippen LogP contribution in [0.25, 0.3) is 5.69 Å². The maximum atomic E-state index is 14.2. The van der Waals surface area contributed by atoms with Crippen LogP contribution in [0.1, 0.15) is 39.2 Å². The van der Waals surface area contributed by atoms with Crippen molar-refractivity contribution in [2.75, 3.05) is 49.2 Å². The summed E-state index contributed by atoms with van der Waals surface area (Å²) in [6.45, 7) is 8.24. The molecule has 5 aromatic rings. The van der Waals surface area contributed by atoms with Crippen molar-refractivity contribution in [1.82, 2.24) is 29.1 Å². The molecule has 270 valence electrons. The van der Waals surface area contributed by atoms with Crippen molar-refractivity contribution in [3.05, 3.63) is 108 Å². The van der Waals surface area contributed by atoms with Crippen LogP contribution in [0.3, 0.4) is 0 Å². The lowest BCUT2D eigenvalue weighted by molar-refractivity contribution is 0.118. The first-order chi connectivity index (χ1) is 24.8. The third kappa shape index (κ3) is 8.92. The van der Waals surface area contributed by atoms with Gasteiger partial charge in [0.2, 0.25) is 0 Å². The summed E-state index contributed by atoms with van der Waals surface area (Å²) in [5.41, 5.74) is 2.65. The Kier molecular flexibility index (Phi) is 11.6. The van der Waals surface area contributed by atoms with Crippen LogP contribution in [-0.2, 0) is 6.54 Å². The molecule has 0 saturated carbocycles. The molecule has 6 rings (SSSR count). The smallest absolute Gasteiger partial charge is 0.350 e. The zero-order valence-corrected chi connectivity index (χ0v) is 28.9. The highest BCUT2D eigenvalue weighted by atomic mass is 19.1. The van der Waals surface area contributed by atoms with Crippen LogP contribution >= 0.6 is 0 Å². The Morgan fingerprint density at radius 1 is 0.843 bits per heavy atom. The first-order valence-corrected chi connectivity index (χ1v) is 17.4. The first kappa shape index (κ1) is 35.6. The number of nitrogens with zero attached hydrogens (tertiary/aromatic N) is 8. The van der Waals surface area contributed by atoms with E-state index in [1.165, 1.54) is 34.0 Å². The van der Waals surface area contributed by atoms with E-state index in [4.69, 9.17) is 9.47 Å². The van der Waals surface area contributed by atoms with Crippen LogP contribution in [0.2, 0.25) is 0 Å². The molecule has 14 heteroatoms. The zero-order chi connectivity index (χ0) is 35.7. The van der Waals surface area contributed by atoms with Gasteiger partial charge in [0.1, 0.15) is 30.5 Å². The van der Waals surface area contributed by atoms with Crippen LogP contribution in [0, 0.1) is 17.6 Å². The quantitative estimate of drug-likeness (QED) is 0.150. The molecule has 51 heavy (non-hydrogen) atoms. The van der Waals surface area contributed by atoms with Gasteiger partial charge in [-0.1, -0.05) is 6.92 Å². The summed E-state index contributed by atoms with van der Waals surface area (Å²) in [5.74, 6) is -0.679. The van der Waals surface area contributed by atoms with Gasteiger partial charge in [-0.3, -0.25) is 4.68 Å². The van der Waals surface area contributed by atoms with Crippen LogP contribution in [0.4, 0.5) is 20.2 Å². The second kappa shape index (κ2) is 16.6. The number of rotatable bonds is 16. The number of hydrogen-bond donors (Lipinski definition) is 1. The molecule has 1 N–H and O–H groups in total. The van der Waals surface area contributed by atoms with Gasteiger partial charge >= 0.3 is 5.69 Å². The van der Waals surface area contributed by atoms with E-state index in [1.807, 2.05) is 43.3 Å². The van der Waals surface area contributed by atoms with Crippen molar-refractivity contribution in [3.63, 3.8) is 0 Å². The fourth-order valence-electron chi connectivity index (χ4n) is 6.36. The average molecular weight is 703 g/mol. The van der Waals surface area contributed by atoms with E-state index in [9.17, 15) is 18.7 Å². The molecule has 3 heterocycles. The lowest BCUT2D eigenvalue weighted by Crippen LogP contribution is -2.46. The van der Waals surface area contributed by atoms with Gasteiger partial charge in [0, 0.05) is 56.1 Å². The molecule has 0 amide bonds. The van der Waals surface area contributed by atoms with Crippen LogP contribution in [-0.4, -0.2) is 79.7 Å². The molecule has 0 aliphatic carbocycles. The van der Waals surface area contributed by atoms with E-state index >= 15 is 0 Å². The molecule has 1 aliphatic heterocycles. The van der Waals surface area contributed by atoms with Gasteiger partial charge in [0.25, 0.3) is 0 Å². The number of ether oxygens (including phenoxy) is 2. The van der Waals surface area contributed by atoms with Crippen molar-refractivity contribution >= 4 is 11.4 Å². The highest BCUT2D eigenvalue weighted by molar-refractivity contribution is 5.54. The summed E-state index contributed by atoms with van der Waals surface area (Å²) in [4.78, 5) is 21.6. The normalized spacial score (nSPS) is 15.1. The lowest BCUT2D eigenvalue weighted by atomic mass is 10.1. The molecule has 0 spiro atoms. The number of benzene rings is 3. The molecule has 2 aromatic heterocycles. The number of anilines is 2. The van der Waals surface area contributed by atoms with Crippen molar-refractivity contribution in [2.45, 2.75) is 51.8 Å². The number of aliphatic hydroxyl groups excluding tert-OH is 1. The summed E-state index contributed by atoms with van der Waals surface area (Å²) in [7, 11) is 0. The van der Waals surface area contributed by atoms with E-state index in [-0.39, 0.29) is 30.0 Å². The van der Waals surface area contributed by atoms with E-state index in [0.29, 0.717) is 19.6 Å². The molecular formula is C37H44F2N8O4. The first-order valence-electron chi connectivity index (χ1n) is 17.4. The van der Waals surface area contributed by atoms with E-state index in [2.05, 4.69) is 37.1 Å². The largest absolute Gasteiger partial charge is 0.493 e. The highest BCUT2D eigenvalue weighted by Gasteiger charge is 2.21. The molecule has 3 unspecified atom stereocenters. The zero-order valence-electron chi connectivity index (χ0n) is 28.9. The second-order valence-corrected chi connectivity index (χ2v) is 12.8. The summed E-state index contributed by atoms with van der Waals surface area (Å²) >= 11 is 0. The molecule has 1 fully saturated rings. The van der Waals surface area contributed by atoms with E-state index in [1.54, 1.807) is 17.9 Å². The Morgan fingerprint density at radius 3 is 2.10 bits per heavy atom. The summed E-state index contributed by atoms with van der Waals surface area (Å²) < 4.78 is 44.0. The Balaban J connectivity index is 1.00. The monoisotopic (exact) mass is 702 g/mol. The predicted molar refractivity (Wildman–Crippen MR) is 190 cm³/mol. The summed E-state index contributed by atoms with van der Waals surface area (Å²) in [6.07, 6.45) is 6.15. The standard InChI is InChI=1S/C37H44F2N8O4/c1-3-35(27(2)48)47-37(49)46(26-42-47)32-9-7-30(8-10-32)43-17-19-44(20-18-43)31-11-13-33(14-12-31)50-22-28(5-4-16-45-25-40-24-41-45)23-51-36-15-6-29(38)21-34(36)39/h6-15,21,24-28,35,48H,3-5,16-20,22-23H2,1-2H3. The fourth-order valence-corrected chi connectivity index (χ4v) is 6.36. The van der Waals surface area contributed by atoms with E-state index in [0.717, 1.165) is 67.9 Å². The number of hydrogen-bond acceptors (Lipinski definition) is 9. The Morgan fingerprint density at radius 2 is 1.49 bits per heavy atom. The summed E-state index contributed by atoms with van der Waals surface area (Å²) in [6, 6.07) is 18.9. The molecule has 12 nitrogen and oxygen atoms in total. The van der Waals surface area contributed by atoms with Gasteiger partial charge in [-0.15, -0.1) is 0 Å². The van der Waals surface area contributed by atoms with Gasteiger partial charge in [0.15, 0.2) is 11.6 Å². The van der Waals surface area contributed by atoms with Crippen molar-refractivity contribution in [2.24, 2.45) is 5.92 Å². The number of piperazine rings is 1. The Hall–Kier alpha value is -5.24. The molecule has 0 radical (unpaired) electrons. The maximum absolute atomic E-state index is 14.2. The lowest BCUT2D eigenvalue weighted by Gasteiger charge is -2.37. The van der Waals surface area contributed by atoms with Gasteiger partial charge in [-0.05, 0) is 86.8 Å². The fraction of sp³-hybridized carbons (Fsp3) is 0.405. The molecule has 1 saturated heterocycles. The third-order valence-electron chi connectivity index (χ3n) is 9.28. The minimum absolute atomic E-state index is 0.0128. The Bertz CT molecular complexity index is 1870. The van der Waals surface area contributed by atoms with Crippen LogP contribution in [0.5, 0.6) is 11.5 Å². The van der Waals surface area contributed by atoms with Crippen molar-refractivity contribution in [1.29, 1.82) is 0 Å². The Labute approximate surface area is 295 Å². The minimum atomic E-state index is -0.732. The van der Waals surface area contributed by atoms with Crippen LogP contribution in [0.15, 0.2) is 90.5 Å². The van der Waals surface area contributed by atoms with Gasteiger partial charge < -0.3 is 24.4 Å².